The van der Waals surface area contributed by atoms with Gasteiger partial charge in [0.1, 0.15) is 22.9 Å². The van der Waals surface area contributed by atoms with Crippen LogP contribution in [0.2, 0.25) is 0 Å². The van der Waals surface area contributed by atoms with Crippen molar-refractivity contribution in [1.29, 1.82) is 0 Å². The third-order valence-corrected chi connectivity index (χ3v) is 5.09. The minimum Gasteiger partial charge on any atom is -0.497 e. The molecular weight excluding hydrogens is 382 g/mol. The molecule has 0 aliphatic heterocycles. The van der Waals surface area contributed by atoms with E-state index in [0.717, 1.165) is 11.3 Å². The molecule has 0 saturated heterocycles. The van der Waals surface area contributed by atoms with E-state index in [4.69, 9.17) is 4.74 Å². The highest BCUT2D eigenvalue weighted by Crippen LogP contribution is 2.26. The Morgan fingerprint density at radius 1 is 1.03 bits per heavy atom. The molecule has 2 aromatic carbocycles. The van der Waals surface area contributed by atoms with Gasteiger partial charge in [0.25, 0.3) is 10.9 Å². The zero-order chi connectivity index (χ0) is 21.9. The second-order valence-corrected chi connectivity index (χ2v) is 8.23. The first-order valence-electron chi connectivity index (χ1n) is 9.75. The van der Waals surface area contributed by atoms with E-state index >= 15 is 0 Å². The van der Waals surface area contributed by atoms with Gasteiger partial charge in [-0.2, -0.15) is 4.98 Å². The zero-order valence-corrected chi connectivity index (χ0v) is 17.9. The van der Waals surface area contributed by atoms with Crippen LogP contribution in [0, 0.1) is 5.41 Å². The van der Waals surface area contributed by atoms with Gasteiger partial charge in [-0.05, 0) is 36.1 Å². The van der Waals surface area contributed by atoms with Crippen molar-refractivity contribution in [2.24, 2.45) is 5.41 Å². The van der Waals surface area contributed by atoms with Gasteiger partial charge in [-0.3, -0.25) is 9.59 Å². The van der Waals surface area contributed by atoms with Crippen molar-refractivity contribution >= 4 is 23.1 Å². The maximum atomic E-state index is 12.1. The summed E-state index contributed by atoms with van der Waals surface area (Å²) in [5, 5.41) is 9.26. The largest absolute Gasteiger partial charge is 0.497 e. The summed E-state index contributed by atoms with van der Waals surface area (Å²) in [6.07, 6.45) is 1.59. The predicted molar refractivity (Wildman–Crippen MR) is 120 cm³/mol. The third-order valence-electron chi connectivity index (χ3n) is 5.09. The summed E-state index contributed by atoms with van der Waals surface area (Å²) in [7, 11) is 1.63. The summed E-state index contributed by atoms with van der Waals surface area (Å²) in [6, 6.07) is 9.32. The van der Waals surface area contributed by atoms with E-state index in [1.807, 2.05) is 31.2 Å². The average molecular weight is 409 g/mol. The first kappa shape index (κ1) is 21.3. The molecule has 0 amide bonds. The molecule has 30 heavy (non-hydrogen) atoms. The highest BCUT2D eigenvalue weighted by molar-refractivity contribution is 5.78. The summed E-state index contributed by atoms with van der Waals surface area (Å²) >= 11 is 0. The summed E-state index contributed by atoms with van der Waals surface area (Å²) in [5.41, 5.74) is 0.447. The molecule has 0 aliphatic rings. The minimum atomic E-state index is -0.551. The van der Waals surface area contributed by atoms with E-state index in [2.05, 4.69) is 46.7 Å². The number of methoxy groups -OCH3 is 1. The Morgan fingerprint density at radius 2 is 1.70 bits per heavy atom. The maximum absolute atomic E-state index is 12.1. The lowest BCUT2D eigenvalue weighted by Crippen LogP contribution is -2.41. The Bertz CT molecular complexity index is 1080. The molecule has 0 radical (unpaired) electrons. The Morgan fingerprint density at radius 3 is 2.33 bits per heavy atom. The van der Waals surface area contributed by atoms with E-state index in [1.165, 1.54) is 0 Å². The molecule has 1 aromatic heterocycles. The fourth-order valence-corrected chi connectivity index (χ4v) is 2.65. The second-order valence-electron chi connectivity index (χ2n) is 8.23. The Hall–Kier alpha value is -3.42. The molecule has 0 fully saturated rings. The lowest BCUT2D eigenvalue weighted by atomic mass is 9.87. The lowest BCUT2D eigenvalue weighted by molar-refractivity contribution is 0.359. The lowest BCUT2D eigenvalue weighted by Gasteiger charge is -2.30. The van der Waals surface area contributed by atoms with Gasteiger partial charge in [0.05, 0.1) is 7.11 Å². The SMILES string of the molecule is COc1ccc(CNc2nccc(Nc3c(NC(C)C(C)(C)C)c(=O)c3=O)n2)cc1. The first-order chi connectivity index (χ1) is 14.2. The van der Waals surface area contributed by atoms with Crippen LogP contribution < -0.4 is 31.5 Å². The van der Waals surface area contributed by atoms with Crippen LogP contribution >= 0.6 is 0 Å². The minimum absolute atomic E-state index is 0.00785. The van der Waals surface area contributed by atoms with Gasteiger partial charge in [0.2, 0.25) is 5.95 Å². The molecule has 0 spiro atoms. The molecule has 0 bridgehead atoms. The molecule has 8 nitrogen and oxygen atoms in total. The van der Waals surface area contributed by atoms with Gasteiger partial charge >= 0.3 is 0 Å². The summed E-state index contributed by atoms with van der Waals surface area (Å²) in [4.78, 5) is 32.7. The quantitative estimate of drug-likeness (QED) is 0.487. The fraction of sp³-hybridized carbons (Fsp3) is 0.364. The second kappa shape index (κ2) is 8.52. The van der Waals surface area contributed by atoms with E-state index in [9.17, 15) is 9.59 Å². The highest BCUT2D eigenvalue weighted by atomic mass is 16.5. The van der Waals surface area contributed by atoms with E-state index in [-0.39, 0.29) is 17.1 Å². The van der Waals surface area contributed by atoms with Crippen molar-refractivity contribution in [3.63, 3.8) is 0 Å². The maximum Gasteiger partial charge on any atom is 0.253 e. The van der Waals surface area contributed by atoms with Crippen molar-refractivity contribution in [3.05, 3.63) is 62.5 Å². The molecule has 3 rings (SSSR count). The molecule has 0 saturated carbocycles. The topological polar surface area (TPSA) is 105 Å². The third kappa shape index (κ3) is 4.76. The number of nitrogens with zero attached hydrogens (tertiary/aromatic N) is 2. The molecule has 1 atom stereocenters. The number of rotatable bonds is 8. The van der Waals surface area contributed by atoms with E-state index < -0.39 is 10.9 Å². The molecule has 3 aromatic rings. The molecule has 3 N–H and O–H groups in total. The smallest absolute Gasteiger partial charge is 0.253 e. The van der Waals surface area contributed by atoms with Gasteiger partial charge in [-0.15, -0.1) is 0 Å². The Kier molecular flexibility index (Phi) is 6.05. The number of aromatic nitrogens is 2. The van der Waals surface area contributed by atoms with Crippen molar-refractivity contribution in [2.75, 3.05) is 23.1 Å². The molecule has 1 heterocycles. The summed E-state index contributed by atoms with van der Waals surface area (Å²) in [6.45, 7) is 8.70. The summed E-state index contributed by atoms with van der Waals surface area (Å²) in [5.74, 6) is 1.63. The molecule has 0 aliphatic carbocycles. The van der Waals surface area contributed by atoms with Gasteiger partial charge in [-0.25, -0.2) is 4.98 Å². The molecule has 1 unspecified atom stereocenters. The van der Waals surface area contributed by atoms with Gasteiger partial charge in [0.15, 0.2) is 0 Å². The Labute approximate surface area is 175 Å². The van der Waals surface area contributed by atoms with Crippen LogP contribution in [-0.2, 0) is 6.54 Å². The van der Waals surface area contributed by atoms with Crippen LogP contribution in [-0.4, -0.2) is 23.1 Å². The van der Waals surface area contributed by atoms with Crippen LogP contribution in [0.1, 0.15) is 33.3 Å². The number of hydrogen-bond donors (Lipinski definition) is 3. The standard InChI is InChI=1S/C22H27N5O3/c1-13(22(2,3)4)25-17-18(20(29)19(17)28)26-16-10-11-23-21(27-16)24-12-14-6-8-15(30-5)9-7-14/h6-11,13,25H,12H2,1-5H3,(H2,23,24,26,27). The van der Waals surface area contributed by atoms with Crippen molar-refractivity contribution < 1.29 is 4.74 Å². The number of hydrogen-bond acceptors (Lipinski definition) is 8. The Balaban J connectivity index is 1.69. The molecule has 8 heteroatoms. The van der Waals surface area contributed by atoms with Gasteiger partial charge in [-0.1, -0.05) is 32.9 Å². The van der Waals surface area contributed by atoms with Crippen molar-refractivity contribution in [2.45, 2.75) is 40.3 Å². The number of anilines is 4. The van der Waals surface area contributed by atoms with Gasteiger partial charge in [0, 0.05) is 18.8 Å². The summed E-state index contributed by atoms with van der Waals surface area (Å²) < 4.78 is 5.15. The normalized spacial score (nSPS) is 12.4. The number of benzene rings is 1. The van der Waals surface area contributed by atoms with Crippen molar-refractivity contribution in [3.8, 4) is 5.75 Å². The fourth-order valence-electron chi connectivity index (χ4n) is 2.65. The van der Waals surface area contributed by atoms with Gasteiger partial charge < -0.3 is 20.7 Å². The average Bonchev–Trinajstić information content (AvgIpc) is 2.74. The van der Waals surface area contributed by atoms with E-state index in [1.54, 1.807) is 19.4 Å². The van der Waals surface area contributed by atoms with Crippen LogP contribution in [0.5, 0.6) is 5.75 Å². The zero-order valence-electron chi connectivity index (χ0n) is 17.9. The highest BCUT2D eigenvalue weighted by Gasteiger charge is 2.27. The van der Waals surface area contributed by atoms with Crippen LogP contribution in [0.3, 0.4) is 0 Å². The predicted octanol–water partition coefficient (Wildman–Crippen LogP) is 3.28. The van der Waals surface area contributed by atoms with Crippen LogP contribution in [0.4, 0.5) is 23.1 Å². The molecule has 158 valence electrons. The number of nitrogens with one attached hydrogen (secondary N) is 3. The molecular formula is C22H27N5O3. The van der Waals surface area contributed by atoms with E-state index in [0.29, 0.717) is 24.0 Å². The first-order valence-corrected chi connectivity index (χ1v) is 9.75. The monoisotopic (exact) mass is 409 g/mol. The van der Waals surface area contributed by atoms with Crippen molar-refractivity contribution in [1.82, 2.24) is 9.97 Å². The number of ether oxygens (including phenoxy) is 1. The van der Waals surface area contributed by atoms with Crippen LogP contribution in [0.15, 0.2) is 46.1 Å². The van der Waals surface area contributed by atoms with Crippen LogP contribution in [0.25, 0.3) is 0 Å².